The third kappa shape index (κ3) is 6.95. The fourth-order valence-corrected chi connectivity index (χ4v) is 3.78. The van der Waals surface area contributed by atoms with Crippen molar-refractivity contribution in [2.75, 3.05) is 19.0 Å². The van der Waals surface area contributed by atoms with Gasteiger partial charge < -0.3 is 15.4 Å². The van der Waals surface area contributed by atoms with Crippen LogP contribution in [0.1, 0.15) is 44.2 Å². The van der Waals surface area contributed by atoms with Crippen molar-refractivity contribution in [1.29, 1.82) is 0 Å². The van der Waals surface area contributed by atoms with Gasteiger partial charge >= 0.3 is 0 Å². The number of methoxy groups -OCH3 is 1. The SMILES string of the molecule is COc1ccc(/C=C/C(=O)NC(C)C(=O)Nc2ccc(CN3CCCCC3C)cc2)cc1. The molecule has 1 aliphatic rings. The van der Waals surface area contributed by atoms with Crippen molar-refractivity contribution in [3.63, 3.8) is 0 Å². The van der Waals surface area contributed by atoms with Gasteiger partial charge in [0.05, 0.1) is 7.11 Å². The van der Waals surface area contributed by atoms with E-state index in [4.69, 9.17) is 4.74 Å². The van der Waals surface area contributed by atoms with Crippen LogP contribution in [0.3, 0.4) is 0 Å². The predicted molar refractivity (Wildman–Crippen MR) is 128 cm³/mol. The van der Waals surface area contributed by atoms with E-state index in [0.29, 0.717) is 6.04 Å². The average Bonchev–Trinajstić information content (AvgIpc) is 2.80. The third-order valence-electron chi connectivity index (χ3n) is 5.84. The van der Waals surface area contributed by atoms with Crippen LogP contribution in [0.2, 0.25) is 0 Å². The zero-order valence-corrected chi connectivity index (χ0v) is 19.1. The normalized spacial score (nSPS) is 17.7. The molecular formula is C26H33N3O3. The minimum atomic E-state index is -0.656. The van der Waals surface area contributed by atoms with Gasteiger partial charge in [0.15, 0.2) is 0 Å². The molecule has 32 heavy (non-hydrogen) atoms. The molecule has 0 aromatic heterocycles. The van der Waals surface area contributed by atoms with Crippen molar-refractivity contribution in [2.24, 2.45) is 0 Å². The largest absolute Gasteiger partial charge is 0.497 e. The van der Waals surface area contributed by atoms with E-state index in [1.54, 1.807) is 20.1 Å². The Kier molecular flexibility index (Phi) is 8.45. The molecule has 1 saturated heterocycles. The number of nitrogens with zero attached hydrogens (tertiary/aromatic N) is 1. The molecule has 2 aromatic carbocycles. The summed E-state index contributed by atoms with van der Waals surface area (Å²) in [4.78, 5) is 27.1. The van der Waals surface area contributed by atoms with Gasteiger partial charge in [0.1, 0.15) is 11.8 Å². The van der Waals surface area contributed by atoms with E-state index in [9.17, 15) is 9.59 Å². The van der Waals surface area contributed by atoms with Crippen LogP contribution in [-0.4, -0.2) is 42.5 Å². The maximum Gasteiger partial charge on any atom is 0.246 e. The molecule has 0 aliphatic carbocycles. The first-order valence-electron chi connectivity index (χ1n) is 11.2. The average molecular weight is 436 g/mol. The van der Waals surface area contributed by atoms with E-state index >= 15 is 0 Å². The Bertz CT molecular complexity index is 922. The van der Waals surface area contributed by atoms with Gasteiger partial charge in [0, 0.05) is 24.4 Å². The molecule has 0 spiro atoms. The molecule has 3 rings (SSSR count). The number of nitrogens with one attached hydrogen (secondary N) is 2. The van der Waals surface area contributed by atoms with Crippen molar-refractivity contribution in [3.05, 3.63) is 65.7 Å². The quantitative estimate of drug-likeness (QED) is 0.609. The van der Waals surface area contributed by atoms with Crippen molar-refractivity contribution >= 4 is 23.6 Å². The molecule has 2 atom stereocenters. The number of carbonyl (C=O) groups is 2. The Labute approximate surface area is 190 Å². The lowest BCUT2D eigenvalue weighted by Crippen LogP contribution is -2.40. The smallest absolute Gasteiger partial charge is 0.246 e. The van der Waals surface area contributed by atoms with E-state index in [0.717, 1.165) is 30.1 Å². The lowest BCUT2D eigenvalue weighted by atomic mass is 10.0. The molecule has 0 bridgehead atoms. The van der Waals surface area contributed by atoms with Gasteiger partial charge in [-0.3, -0.25) is 14.5 Å². The number of hydrogen-bond acceptors (Lipinski definition) is 4. The minimum absolute atomic E-state index is 0.256. The standard InChI is InChI=1S/C26H33N3O3/c1-19-6-4-5-17-29(19)18-22-7-12-23(13-8-22)28-26(31)20(2)27-25(30)16-11-21-9-14-24(32-3)15-10-21/h7-16,19-20H,4-6,17-18H2,1-3H3,(H,27,30)(H,28,31)/b16-11+. The van der Waals surface area contributed by atoms with Gasteiger partial charge in [-0.15, -0.1) is 0 Å². The second-order valence-electron chi connectivity index (χ2n) is 8.34. The summed E-state index contributed by atoms with van der Waals surface area (Å²) >= 11 is 0. The molecule has 6 nitrogen and oxygen atoms in total. The molecule has 2 N–H and O–H groups in total. The molecule has 2 aromatic rings. The Balaban J connectivity index is 1.46. The van der Waals surface area contributed by atoms with Gasteiger partial charge in [-0.25, -0.2) is 0 Å². The van der Waals surface area contributed by atoms with Gasteiger partial charge in [0.2, 0.25) is 11.8 Å². The summed E-state index contributed by atoms with van der Waals surface area (Å²) < 4.78 is 5.12. The molecule has 0 saturated carbocycles. The summed E-state index contributed by atoms with van der Waals surface area (Å²) in [6.07, 6.45) is 6.95. The lowest BCUT2D eigenvalue weighted by molar-refractivity contribution is -0.123. The minimum Gasteiger partial charge on any atom is -0.497 e. The number of piperidine rings is 1. The van der Waals surface area contributed by atoms with Crippen molar-refractivity contribution in [1.82, 2.24) is 10.2 Å². The third-order valence-corrected chi connectivity index (χ3v) is 5.84. The second-order valence-corrected chi connectivity index (χ2v) is 8.34. The van der Waals surface area contributed by atoms with Crippen molar-refractivity contribution in [3.8, 4) is 5.75 Å². The summed E-state index contributed by atoms with van der Waals surface area (Å²) in [6.45, 7) is 6.03. The van der Waals surface area contributed by atoms with Crippen LogP contribution in [0.25, 0.3) is 6.08 Å². The number of rotatable bonds is 8. The topological polar surface area (TPSA) is 70.7 Å². The molecule has 1 heterocycles. The number of anilines is 1. The van der Waals surface area contributed by atoms with E-state index in [-0.39, 0.29) is 11.8 Å². The molecule has 2 unspecified atom stereocenters. The highest BCUT2D eigenvalue weighted by Crippen LogP contribution is 2.20. The fourth-order valence-electron chi connectivity index (χ4n) is 3.78. The summed E-state index contributed by atoms with van der Waals surface area (Å²) in [6, 6.07) is 15.3. The number of amides is 2. The zero-order chi connectivity index (χ0) is 22.9. The molecular weight excluding hydrogens is 402 g/mol. The highest BCUT2D eigenvalue weighted by Gasteiger charge is 2.18. The summed E-state index contributed by atoms with van der Waals surface area (Å²) in [5.41, 5.74) is 2.83. The van der Waals surface area contributed by atoms with Crippen LogP contribution in [0.5, 0.6) is 5.75 Å². The van der Waals surface area contributed by atoms with Crippen LogP contribution < -0.4 is 15.4 Å². The first kappa shape index (κ1) is 23.5. The summed E-state index contributed by atoms with van der Waals surface area (Å²) in [5, 5.41) is 5.56. The Morgan fingerprint density at radius 3 is 2.50 bits per heavy atom. The monoisotopic (exact) mass is 435 g/mol. The van der Waals surface area contributed by atoms with E-state index in [1.807, 2.05) is 36.4 Å². The van der Waals surface area contributed by atoms with Crippen LogP contribution in [0, 0.1) is 0 Å². The zero-order valence-electron chi connectivity index (χ0n) is 19.1. The first-order chi connectivity index (χ1) is 15.4. The molecule has 170 valence electrons. The molecule has 0 radical (unpaired) electrons. The van der Waals surface area contributed by atoms with Crippen LogP contribution in [-0.2, 0) is 16.1 Å². The Morgan fingerprint density at radius 1 is 1.12 bits per heavy atom. The molecule has 6 heteroatoms. The maximum absolute atomic E-state index is 12.5. The van der Waals surface area contributed by atoms with E-state index in [1.165, 1.54) is 30.9 Å². The van der Waals surface area contributed by atoms with Crippen molar-refractivity contribution in [2.45, 2.75) is 51.7 Å². The van der Waals surface area contributed by atoms with Crippen molar-refractivity contribution < 1.29 is 14.3 Å². The number of likely N-dealkylation sites (tertiary alicyclic amines) is 1. The number of benzene rings is 2. The highest BCUT2D eigenvalue weighted by molar-refractivity contribution is 5.99. The fraction of sp³-hybridized carbons (Fsp3) is 0.385. The lowest BCUT2D eigenvalue weighted by Gasteiger charge is -2.33. The van der Waals surface area contributed by atoms with Gasteiger partial charge in [0.25, 0.3) is 0 Å². The maximum atomic E-state index is 12.5. The number of hydrogen-bond donors (Lipinski definition) is 2. The van der Waals surface area contributed by atoms with Crippen LogP contribution in [0.4, 0.5) is 5.69 Å². The molecule has 1 fully saturated rings. The number of carbonyl (C=O) groups excluding carboxylic acids is 2. The van der Waals surface area contributed by atoms with Gasteiger partial charge in [-0.2, -0.15) is 0 Å². The first-order valence-corrected chi connectivity index (χ1v) is 11.2. The van der Waals surface area contributed by atoms with Crippen LogP contribution >= 0.6 is 0 Å². The second kappa shape index (κ2) is 11.5. The van der Waals surface area contributed by atoms with Crippen LogP contribution in [0.15, 0.2) is 54.6 Å². The van der Waals surface area contributed by atoms with E-state index in [2.05, 4.69) is 34.6 Å². The Morgan fingerprint density at radius 2 is 1.84 bits per heavy atom. The predicted octanol–water partition coefficient (Wildman–Crippen LogP) is 4.23. The van der Waals surface area contributed by atoms with Gasteiger partial charge in [-0.05, 0) is 74.7 Å². The molecule has 1 aliphatic heterocycles. The Hall–Kier alpha value is -3.12. The van der Waals surface area contributed by atoms with E-state index < -0.39 is 6.04 Å². The summed E-state index contributed by atoms with van der Waals surface area (Å²) in [7, 11) is 1.61. The number of ether oxygens (including phenoxy) is 1. The highest BCUT2D eigenvalue weighted by atomic mass is 16.5. The molecule has 2 amide bonds. The van der Waals surface area contributed by atoms with Gasteiger partial charge in [-0.1, -0.05) is 30.7 Å². The summed E-state index contributed by atoms with van der Waals surface area (Å²) in [5.74, 6) is 0.175.